The molecule has 0 aromatic rings. The smallest absolute Gasteiger partial charge is 0.209 e. The lowest BCUT2D eigenvalue weighted by molar-refractivity contribution is -0.118. The second-order valence-electron chi connectivity index (χ2n) is 6.81. The first-order chi connectivity index (χ1) is 11.3. The normalized spacial score (nSPS) is 25.2. The largest absolute Gasteiger partial charge is 0.396 e. The highest BCUT2D eigenvalue weighted by atomic mass is 16.6. The van der Waals surface area contributed by atoms with Crippen LogP contribution in [-0.2, 0) is 9.63 Å². The number of carbonyl (C=O) groups is 1. The van der Waals surface area contributed by atoms with Gasteiger partial charge in [-0.2, -0.15) is 0 Å². The summed E-state index contributed by atoms with van der Waals surface area (Å²) in [5.41, 5.74) is 1.24. The van der Waals surface area contributed by atoms with Crippen LogP contribution in [-0.4, -0.2) is 60.7 Å². The van der Waals surface area contributed by atoms with Crippen molar-refractivity contribution in [3.63, 3.8) is 0 Å². The predicted octanol–water partition coefficient (Wildman–Crippen LogP) is 2.90. The van der Waals surface area contributed by atoms with E-state index in [1.807, 2.05) is 4.90 Å². The van der Waals surface area contributed by atoms with E-state index in [9.17, 15) is 4.79 Å². The molecule has 2 heterocycles. The average Bonchev–Trinajstić information content (AvgIpc) is 2.85. The number of nitrogens with zero attached hydrogens (tertiary/aromatic N) is 3. The van der Waals surface area contributed by atoms with Crippen LogP contribution in [0.3, 0.4) is 0 Å². The second kappa shape index (κ2) is 9.91. The summed E-state index contributed by atoms with van der Waals surface area (Å²) >= 11 is 0. The van der Waals surface area contributed by atoms with Crippen LogP contribution in [0.4, 0.5) is 0 Å². The van der Waals surface area contributed by atoms with Gasteiger partial charge in [0.25, 0.3) is 0 Å². The highest BCUT2D eigenvalue weighted by Gasteiger charge is 2.28. The number of oxime groups is 1. The minimum absolute atomic E-state index is 0.588. The van der Waals surface area contributed by atoms with Gasteiger partial charge in [-0.15, -0.1) is 0 Å². The number of rotatable bonds is 7. The second-order valence-corrected chi connectivity index (χ2v) is 6.81. The van der Waals surface area contributed by atoms with Gasteiger partial charge in [0.2, 0.25) is 6.41 Å². The molecule has 0 aliphatic carbocycles. The maximum Gasteiger partial charge on any atom is 0.209 e. The van der Waals surface area contributed by atoms with Crippen molar-refractivity contribution in [2.45, 2.75) is 64.8 Å². The molecule has 2 aliphatic rings. The number of hydrogen-bond donors (Lipinski definition) is 0. The summed E-state index contributed by atoms with van der Waals surface area (Å²) in [5, 5.41) is 4.38. The molecule has 1 atom stereocenters. The fourth-order valence-corrected chi connectivity index (χ4v) is 3.82. The third kappa shape index (κ3) is 5.48. The van der Waals surface area contributed by atoms with Crippen LogP contribution in [0.2, 0.25) is 0 Å². The molecule has 5 nitrogen and oxygen atoms in total. The Balaban J connectivity index is 1.80. The molecular formula is C18H33N3O2. The van der Waals surface area contributed by atoms with Gasteiger partial charge in [0, 0.05) is 25.0 Å². The first-order valence-electron chi connectivity index (χ1n) is 9.40. The van der Waals surface area contributed by atoms with E-state index in [1.54, 1.807) is 0 Å². The summed E-state index contributed by atoms with van der Waals surface area (Å²) in [4.78, 5) is 20.9. The average molecular weight is 323 g/mol. The molecule has 132 valence electrons. The summed E-state index contributed by atoms with van der Waals surface area (Å²) in [5.74, 6) is 0.588. The van der Waals surface area contributed by atoms with E-state index in [-0.39, 0.29) is 0 Å². The molecule has 2 aliphatic heterocycles. The molecule has 1 amide bonds. The molecule has 0 aromatic heterocycles. The molecule has 0 N–H and O–H groups in total. The van der Waals surface area contributed by atoms with Crippen LogP contribution in [0, 0.1) is 5.92 Å². The minimum atomic E-state index is 0.588. The Bertz CT molecular complexity index is 378. The molecule has 23 heavy (non-hydrogen) atoms. The van der Waals surface area contributed by atoms with E-state index >= 15 is 0 Å². The van der Waals surface area contributed by atoms with Crippen molar-refractivity contribution in [3.8, 4) is 0 Å². The van der Waals surface area contributed by atoms with Gasteiger partial charge in [-0.1, -0.05) is 19.0 Å². The topological polar surface area (TPSA) is 45.1 Å². The van der Waals surface area contributed by atoms with E-state index < -0.39 is 0 Å². The highest BCUT2D eigenvalue weighted by molar-refractivity contribution is 5.86. The Kier molecular flexibility index (Phi) is 7.86. The van der Waals surface area contributed by atoms with E-state index in [0.29, 0.717) is 12.0 Å². The van der Waals surface area contributed by atoms with Crippen molar-refractivity contribution in [3.05, 3.63) is 0 Å². The zero-order valence-corrected chi connectivity index (χ0v) is 14.9. The van der Waals surface area contributed by atoms with Gasteiger partial charge in [-0.25, -0.2) is 0 Å². The molecule has 0 saturated carbocycles. The fraction of sp³-hybridized carbons (Fsp3) is 0.889. The van der Waals surface area contributed by atoms with E-state index in [1.165, 1.54) is 25.0 Å². The van der Waals surface area contributed by atoms with Gasteiger partial charge in [0.1, 0.15) is 6.61 Å². The summed E-state index contributed by atoms with van der Waals surface area (Å²) in [6.07, 6.45) is 8.88. The molecule has 1 unspecified atom stereocenters. The maximum absolute atomic E-state index is 10.9. The van der Waals surface area contributed by atoms with Crippen molar-refractivity contribution in [1.29, 1.82) is 0 Å². The SMILES string of the molecule is CCCON=C(CC)C1CCN(C2CCCN(C=O)CC2)CC1. The summed E-state index contributed by atoms with van der Waals surface area (Å²) in [6, 6.07) is 0.652. The minimum Gasteiger partial charge on any atom is -0.396 e. The van der Waals surface area contributed by atoms with Crippen LogP contribution < -0.4 is 0 Å². The Labute approximate surface area is 141 Å². The van der Waals surface area contributed by atoms with Gasteiger partial charge in [0.05, 0.1) is 5.71 Å². The lowest BCUT2D eigenvalue weighted by Gasteiger charge is -2.37. The maximum atomic E-state index is 10.9. The molecule has 5 heteroatoms. The zero-order chi connectivity index (χ0) is 16.5. The van der Waals surface area contributed by atoms with Crippen molar-refractivity contribution >= 4 is 12.1 Å². The van der Waals surface area contributed by atoms with Gasteiger partial charge in [-0.3, -0.25) is 4.79 Å². The molecule has 0 bridgehead atoms. The number of likely N-dealkylation sites (tertiary alicyclic amines) is 2. The van der Waals surface area contributed by atoms with Crippen molar-refractivity contribution in [1.82, 2.24) is 9.80 Å². The number of hydrogen-bond acceptors (Lipinski definition) is 4. The quantitative estimate of drug-likeness (QED) is 0.313. The molecular weight excluding hydrogens is 290 g/mol. The summed E-state index contributed by atoms with van der Waals surface area (Å²) in [6.45, 7) is 9.17. The van der Waals surface area contributed by atoms with Crippen LogP contribution in [0.25, 0.3) is 0 Å². The predicted molar refractivity (Wildman–Crippen MR) is 93.5 cm³/mol. The molecule has 2 fully saturated rings. The van der Waals surface area contributed by atoms with Gasteiger partial charge in [0.15, 0.2) is 0 Å². The van der Waals surface area contributed by atoms with Crippen LogP contribution in [0.5, 0.6) is 0 Å². The first kappa shape index (κ1) is 18.2. The summed E-state index contributed by atoms with van der Waals surface area (Å²) < 4.78 is 0. The van der Waals surface area contributed by atoms with Gasteiger partial charge < -0.3 is 14.6 Å². The first-order valence-corrected chi connectivity index (χ1v) is 9.40. The van der Waals surface area contributed by atoms with Crippen LogP contribution in [0.1, 0.15) is 58.8 Å². The van der Waals surface area contributed by atoms with Crippen molar-refractivity contribution in [2.24, 2.45) is 11.1 Å². The molecule has 0 aromatic carbocycles. The fourth-order valence-electron chi connectivity index (χ4n) is 3.82. The highest BCUT2D eigenvalue weighted by Crippen LogP contribution is 2.25. The Morgan fingerprint density at radius 1 is 1.13 bits per heavy atom. The standard InChI is InChI=1S/C18H33N3O2/c1-3-14-23-19-18(4-2)16-7-12-21(13-8-16)17-6-5-10-20(15-22)11-9-17/h15-17H,3-14H2,1-2H3. The van der Waals surface area contributed by atoms with E-state index in [4.69, 9.17) is 4.84 Å². The van der Waals surface area contributed by atoms with E-state index in [0.717, 1.165) is 64.9 Å². The van der Waals surface area contributed by atoms with Crippen LogP contribution >= 0.6 is 0 Å². The zero-order valence-electron chi connectivity index (χ0n) is 14.9. The van der Waals surface area contributed by atoms with Gasteiger partial charge >= 0.3 is 0 Å². The number of amides is 1. The molecule has 2 saturated heterocycles. The van der Waals surface area contributed by atoms with Gasteiger partial charge in [-0.05, 0) is 58.0 Å². The van der Waals surface area contributed by atoms with E-state index in [2.05, 4.69) is 23.9 Å². The monoisotopic (exact) mass is 323 g/mol. The lowest BCUT2D eigenvalue weighted by atomic mass is 9.89. The van der Waals surface area contributed by atoms with Crippen LogP contribution in [0.15, 0.2) is 5.16 Å². The summed E-state index contributed by atoms with van der Waals surface area (Å²) in [7, 11) is 0. The Morgan fingerprint density at radius 2 is 1.91 bits per heavy atom. The third-order valence-electron chi connectivity index (χ3n) is 5.24. The molecule has 0 radical (unpaired) electrons. The van der Waals surface area contributed by atoms with Crippen molar-refractivity contribution < 1.29 is 9.63 Å². The third-order valence-corrected chi connectivity index (χ3v) is 5.24. The Morgan fingerprint density at radius 3 is 2.57 bits per heavy atom. The Hall–Kier alpha value is -1.10. The number of piperidine rings is 1. The molecule has 0 spiro atoms. The molecule has 2 rings (SSSR count). The number of carbonyl (C=O) groups excluding carboxylic acids is 1. The van der Waals surface area contributed by atoms with Crippen molar-refractivity contribution in [2.75, 3.05) is 32.8 Å². The lowest BCUT2D eigenvalue weighted by Crippen LogP contribution is -2.43.